The lowest BCUT2D eigenvalue weighted by molar-refractivity contribution is 0.624. The zero-order valence-electron chi connectivity index (χ0n) is 11.4. The highest BCUT2D eigenvalue weighted by Gasteiger charge is 1.83. The van der Waals surface area contributed by atoms with Crippen LogP contribution in [0.15, 0.2) is 18.3 Å². The van der Waals surface area contributed by atoms with Gasteiger partial charge in [0.1, 0.15) is 0 Å². The number of aromatic nitrogens is 1. The van der Waals surface area contributed by atoms with Crippen molar-refractivity contribution in [1.29, 1.82) is 0 Å². The van der Waals surface area contributed by atoms with Crippen molar-refractivity contribution in [3.63, 3.8) is 0 Å². The fraction of sp³-hybridized carbons (Fsp3) is 0.667. The number of unbranched alkanes of at least 4 members (excludes halogenated alkanes) is 5. The summed E-state index contributed by atoms with van der Waals surface area (Å²) in [6, 6.07) is 4.07. The van der Waals surface area contributed by atoms with Crippen LogP contribution in [0.3, 0.4) is 0 Å². The molecule has 0 aliphatic heterocycles. The van der Waals surface area contributed by atoms with Crippen molar-refractivity contribution in [3.8, 4) is 0 Å². The van der Waals surface area contributed by atoms with Crippen molar-refractivity contribution in [1.82, 2.24) is 4.98 Å². The molecule has 0 radical (unpaired) electrons. The van der Waals surface area contributed by atoms with E-state index >= 15 is 0 Å². The second-order valence-electron chi connectivity index (χ2n) is 4.39. The van der Waals surface area contributed by atoms with E-state index in [9.17, 15) is 0 Å². The number of rotatable bonds is 5. The van der Waals surface area contributed by atoms with Crippen molar-refractivity contribution in [2.75, 3.05) is 0 Å². The van der Waals surface area contributed by atoms with Gasteiger partial charge in [0.15, 0.2) is 0 Å². The van der Waals surface area contributed by atoms with Gasteiger partial charge in [0.25, 0.3) is 0 Å². The number of aryl methyl sites for hydroxylation is 2. The van der Waals surface area contributed by atoms with Gasteiger partial charge in [0.05, 0.1) is 0 Å². The Morgan fingerprint density at radius 3 is 1.75 bits per heavy atom. The van der Waals surface area contributed by atoms with E-state index in [2.05, 4.69) is 24.9 Å². The molecule has 92 valence electrons. The molecule has 0 aliphatic carbocycles. The van der Waals surface area contributed by atoms with Gasteiger partial charge in [-0.25, -0.2) is 0 Å². The molecule has 0 bridgehead atoms. The van der Waals surface area contributed by atoms with Crippen LogP contribution in [0, 0.1) is 13.8 Å². The summed E-state index contributed by atoms with van der Waals surface area (Å²) < 4.78 is 0. The summed E-state index contributed by atoms with van der Waals surface area (Å²) in [5, 5.41) is 0. The fourth-order valence-electron chi connectivity index (χ4n) is 1.40. The molecule has 0 saturated heterocycles. The molecule has 1 aromatic rings. The largest absolute Gasteiger partial charge is 0.261 e. The number of nitrogens with zero attached hydrogens (tertiary/aromatic N) is 1. The first-order valence-electron chi connectivity index (χ1n) is 6.60. The van der Waals surface area contributed by atoms with Gasteiger partial charge in [0.2, 0.25) is 0 Å². The number of pyridine rings is 1. The van der Waals surface area contributed by atoms with Crippen molar-refractivity contribution in [3.05, 3.63) is 29.6 Å². The topological polar surface area (TPSA) is 12.9 Å². The minimum absolute atomic E-state index is 1.08. The Kier molecular flexibility index (Phi) is 10.1. The Labute approximate surface area is 101 Å². The molecule has 0 spiro atoms. The minimum atomic E-state index is 1.08. The molecule has 0 fully saturated rings. The quantitative estimate of drug-likeness (QED) is 0.633. The second-order valence-corrected chi connectivity index (χ2v) is 4.39. The minimum Gasteiger partial charge on any atom is -0.261 e. The first kappa shape index (κ1) is 15.2. The van der Waals surface area contributed by atoms with E-state index in [1.807, 2.05) is 26.1 Å². The van der Waals surface area contributed by atoms with Crippen molar-refractivity contribution in [2.24, 2.45) is 0 Å². The average Bonchev–Trinajstić information content (AvgIpc) is 2.30. The Balaban J connectivity index is 0.000000281. The predicted molar refractivity (Wildman–Crippen MR) is 72.8 cm³/mol. The summed E-state index contributed by atoms with van der Waals surface area (Å²) >= 11 is 0. The maximum atomic E-state index is 4.08. The molecule has 0 saturated carbocycles. The maximum absolute atomic E-state index is 4.08. The molecule has 0 amide bonds. The van der Waals surface area contributed by atoms with E-state index in [0.29, 0.717) is 0 Å². The zero-order chi connectivity index (χ0) is 12.2. The van der Waals surface area contributed by atoms with Crippen LogP contribution in [0.1, 0.15) is 63.6 Å². The second kappa shape index (κ2) is 10.7. The Morgan fingerprint density at radius 1 is 0.875 bits per heavy atom. The van der Waals surface area contributed by atoms with Gasteiger partial charge in [-0.15, -0.1) is 0 Å². The van der Waals surface area contributed by atoms with Crippen LogP contribution in [0.5, 0.6) is 0 Å². The number of hydrogen-bond donors (Lipinski definition) is 0. The Morgan fingerprint density at radius 2 is 1.44 bits per heavy atom. The molecule has 0 aliphatic rings. The number of hydrogen-bond acceptors (Lipinski definition) is 1. The molecule has 16 heavy (non-hydrogen) atoms. The Hall–Kier alpha value is -0.850. The molecule has 1 aromatic heterocycles. The summed E-state index contributed by atoms with van der Waals surface area (Å²) in [5.74, 6) is 0. The molecule has 0 atom stereocenters. The molecule has 1 heterocycles. The molecule has 0 unspecified atom stereocenters. The zero-order valence-corrected chi connectivity index (χ0v) is 11.4. The van der Waals surface area contributed by atoms with Gasteiger partial charge in [-0.3, -0.25) is 4.98 Å². The molecule has 0 N–H and O–H groups in total. The van der Waals surface area contributed by atoms with Crippen molar-refractivity contribution >= 4 is 0 Å². The van der Waals surface area contributed by atoms with E-state index < -0.39 is 0 Å². The third kappa shape index (κ3) is 9.70. The summed E-state index contributed by atoms with van der Waals surface area (Å²) in [4.78, 5) is 4.08. The third-order valence-electron chi connectivity index (χ3n) is 2.52. The standard InChI is InChI=1S/C8H18.C7H9N/c1-3-5-7-8-6-4-2;1-6-3-4-7(2)8-5-6/h3-8H2,1-2H3;3-5H,1-2H3. The van der Waals surface area contributed by atoms with E-state index in [1.54, 1.807) is 0 Å². The van der Waals surface area contributed by atoms with Gasteiger partial charge >= 0.3 is 0 Å². The summed E-state index contributed by atoms with van der Waals surface area (Å²) in [5.41, 5.74) is 2.30. The molecule has 0 aromatic carbocycles. The first-order valence-corrected chi connectivity index (χ1v) is 6.60. The molecular weight excluding hydrogens is 194 g/mol. The van der Waals surface area contributed by atoms with Crippen LogP contribution in [0.25, 0.3) is 0 Å². The van der Waals surface area contributed by atoms with E-state index in [4.69, 9.17) is 0 Å². The highest BCUT2D eigenvalue weighted by atomic mass is 14.6. The van der Waals surface area contributed by atoms with Crippen LogP contribution in [0.4, 0.5) is 0 Å². The lowest BCUT2D eigenvalue weighted by atomic mass is 10.1. The average molecular weight is 221 g/mol. The van der Waals surface area contributed by atoms with E-state index in [-0.39, 0.29) is 0 Å². The normalized spacial score (nSPS) is 9.50. The maximum Gasteiger partial charge on any atom is 0.0372 e. The van der Waals surface area contributed by atoms with Gasteiger partial charge in [-0.05, 0) is 25.5 Å². The lowest BCUT2D eigenvalue weighted by Crippen LogP contribution is -1.78. The molecule has 1 rings (SSSR count). The van der Waals surface area contributed by atoms with Crippen LogP contribution in [-0.2, 0) is 0 Å². The molecule has 1 nitrogen and oxygen atoms in total. The predicted octanol–water partition coefficient (Wildman–Crippen LogP) is 5.07. The summed E-state index contributed by atoms with van der Waals surface area (Å²) in [6.07, 6.45) is 10.4. The fourth-order valence-corrected chi connectivity index (χ4v) is 1.40. The molecule has 1 heteroatoms. The van der Waals surface area contributed by atoms with Gasteiger partial charge in [0, 0.05) is 11.9 Å². The monoisotopic (exact) mass is 221 g/mol. The SMILES string of the molecule is CCCCCCCC.Cc1ccc(C)nc1. The first-order chi connectivity index (χ1) is 7.70. The highest BCUT2D eigenvalue weighted by Crippen LogP contribution is 2.03. The highest BCUT2D eigenvalue weighted by molar-refractivity contribution is 5.10. The van der Waals surface area contributed by atoms with Gasteiger partial charge in [-0.1, -0.05) is 58.4 Å². The Bertz CT molecular complexity index is 211. The summed E-state index contributed by atoms with van der Waals surface area (Å²) in [6.45, 7) is 8.53. The molecular formula is C15H27N. The van der Waals surface area contributed by atoms with E-state index in [0.717, 1.165) is 5.69 Å². The van der Waals surface area contributed by atoms with Crippen molar-refractivity contribution < 1.29 is 0 Å². The van der Waals surface area contributed by atoms with Crippen LogP contribution in [0.2, 0.25) is 0 Å². The van der Waals surface area contributed by atoms with Gasteiger partial charge < -0.3 is 0 Å². The smallest absolute Gasteiger partial charge is 0.0372 e. The van der Waals surface area contributed by atoms with Crippen LogP contribution in [-0.4, -0.2) is 4.98 Å². The summed E-state index contributed by atoms with van der Waals surface area (Å²) in [7, 11) is 0. The van der Waals surface area contributed by atoms with Gasteiger partial charge in [-0.2, -0.15) is 0 Å². The lowest BCUT2D eigenvalue weighted by Gasteiger charge is -1.93. The third-order valence-corrected chi connectivity index (χ3v) is 2.52. The van der Waals surface area contributed by atoms with Crippen LogP contribution >= 0.6 is 0 Å². The van der Waals surface area contributed by atoms with E-state index in [1.165, 1.54) is 44.1 Å². The van der Waals surface area contributed by atoms with Crippen molar-refractivity contribution in [2.45, 2.75) is 66.2 Å². The van der Waals surface area contributed by atoms with Crippen LogP contribution < -0.4 is 0 Å².